The largest absolute Gasteiger partial charge is 0.469 e. The Bertz CT molecular complexity index is 522. The molecule has 0 saturated heterocycles. The molecule has 0 radical (unpaired) electrons. The summed E-state index contributed by atoms with van der Waals surface area (Å²) < 4.78 is 4.64. The molecule has 0 atom stereocenters. The average Bonchev–Trinajstić information content (AvgIpc) is 2.74. The van der Waals surface area contributed by atoms with Gasteiger partial charge in [-0.25, -0.2) is 4.98 Å². The molecule has 0 saturated carbocycles. The summed E-state index contributed by atoms with van der Waals surface area (Å²) in [5.41, 5.74) is 3.53. The number of aromatic amines is 1. The number of alkyl halides is 1. The zero-order valence-corrected chi connectivity index (χ0v) is 9.54. The highest BCUT2D eigenvalue weighted by Crippen LogP contribution is 2.19. The summed E-state index contributed by atoms with van der Waals surface area (Å²) in [6, 6.07) is 3.77. The van der Waals surface area contributed by atoms with Gasteiger partial charge < -0.3 is 9.72 Å². The minimum absolute atomic E-state index is 0.230. The summed E-state index contributed by atoms with van der Waals surface area (Å²) in [7, 11) is 1.37. The van der Waals surface area contributed by atoms with Crippen LogP contribution in [0.4, 0.5) is 0 Å². The van der Waals surface area contributed by atoms with Crippen molar-refractivity contribution in [1.29, 1.82) is 0 Å². The van der Waals surface area contributed by atoms with Gasteiger partial charge in [0.25, 0.3) is 0 Å². The van der Waals surface area contributed by atoms with Crippen LogP contribution in [-0.2, 0) is 21.8 Å². The molecule has 1 aromatic heterocycles. The molecule has 0 aliphatic heterocycles. The highest BCUT2D eigenvalue weighted by molar-refractivity contribution is 6.17. The summed E-state index contributed by atoms with van der Waals surface area (Å²) >= 11 is 5.84. The molecule has 2 aromatic rings. The third-order valence-corrected chi connectivity index (χ3v) is 2.74. The number of benzene rings is 1. The van der Waals surface area contributed by atoms with Crippen LogP contribution in [0.15, 0.2) is 18.5 Å². The normalized spacial score (nSPS) is 10.6. The lowest BCUT2D eigenvalue weighted by atomic mass is 10.0. The van der Waals surface area contributed by atoms with Crippen LogP contribution in [0, 0.1) is 0 Å². The molecule has 84 valence electrons. The van der Waals surface area contributed by atoms with Gasteiger partial charge in [0.05, 0.1) is 30.9 Å². The van der Waals surface area contributed by atoms with E-state index in [0.29, 0.717) is 5.88 Å². The van der Waals surface area contributed by atoms with Crippen molar-refractivity contribution in [3.63, 3.8) is 0 Å². The van der Waals surface area contributed by atoms with Crippen molar-refractivity contribution in [2.45, 2.75) is 12.3 Å². The molecule has 1 aromatic carbocycles. The van der Waals surface area contributed by atoms with Gasteiger partial charge in [-0.15, -0.1) is 11.6 Å². The number of halogens is 1. The number of imidazole rings is 1. The predicted octanol–water partition coefficient (Wildman–Crippen LogP) is 2.02. The van der Waals surface area contributed by atoms with Gasteiger partial charge in [0.2, 0.25) is 0 Å². The van der Waals surface area contributed by atoms with Gasteiger partial charge in [-0.1, -0.05) is 0 Å². The van der Waals surface area contributed by atoms with Crippen molar-refractivity contribution in [3.05, 3.63) is 29.6 Å². The SMILES string of the molecule is COC(=O)Cc1cc2[nH]cnc2cc1CCl. The second-order valence-corrected chi connectivity index (χ2v) is 3.69. The van der Waals surface area contributed by atoms with Crippen molar-refractivity contribution in [3.8, 4) is 0 Å². The van der Waals surface area contributed by atoms with E-state index in [4.69, 9.17) is 11.6 Å². The molecule has 0 amide bonds. The Labute approximate surface area is 97.6 Å². The fraction of sp³-hybridized carbons (Fsp3) is 0.273. The molecular weight excluding hydrogens is 228 g/mol. The van der Waals surface area contributed by atoms with Crippen LogP contribution in [0.25, 0.3) is 11.0 Å². The molecule has 5 heteroatoms. The van der Waals surface area contributed by atoms with Gasteiger partial charge in [0.1, 0.15) is 0 Å². The van der Waals surface area contributed by atoms with Gasteiger partial charge >= 0.3 is 5.97 Å². The second-order valence-electron chi connectivity index (χ2n) is 3.43. The first kappa shape index (κ1) is 11.0. The Morgan fingerprint density at radius 3 is 3.00 bits per heavy atom. The molecule has 0 bridgehead atoms. The Morgan fingerprint density at radius 2 is 2.31 bits per heavy atom. The monoisotopic (exact) mass is 238 g/mol. The Morgan fingerprint density at radius 1 is 1.50 bits per heavy atom. The molecule has 0 fully saturated rings. The fourth-order valence-electron chi connectivity index (χ4n) is 1.59. The highest BCUT2D eigenvalue weighted by atomic mass is 35.5. The number of nitrogens with zero attached hydrogens (tertiary/aromatic N) is 1. The van der Waals surface area contributed by atoms with Crippen LogP contribution in [-0.4, -0.2) is 23.0 Å². The average molecular weight is 239 g/mol. The lowest BCUT2D eigenvalue weighted by Crippen LogP contribution is -2.06. The third-order valence-electron chi connectivity index (χ3n) is 2.45. The molecule has 0 unspecified atom stereocenters. The third kappa shape index (κ3) is 2.02. The maximum atomic E-state index is 11.2. The van der Waals surface area contributed by atoms with Gasteiger partial charge in [-0.2, -0.15) is 0 Å². The first-order valence-corrected chi connectivity index (χ1v) is 5.35. The zero-order valence-electron chi connectivity index (χ0n) is 8.79. The van der Waals surface area contributed by atoms with Crippen molar-refractivity contribution in [2.75, 3.05) is 7.11 Å². The van der Waals surface area contributed by atoms with E-state index in [1.54, 1.807) is 6.33 Å². The predicted molar refractivity (Wildman–Crippen MR) is 61.4 cm³/mol. The molecule has 0 aliphatic carbocycles. The van der Waals surface area contributed by atoms with E-state index in [0.717, 1.165) is 22.2 Å². The van der Waals surface area contributed by atoms with Crippen LogP contribution in [0.5, 0.6) is 0 Å². The number of aromatic nitrogens is 2. The van der Waals surface area contributed by atoms with Crippen LogP contribution < -0.4 is 0 Å². The first-order chi connectivity index (χ1) is 7.74. The second kappa shape index (κ2) is 4.53. The lowest BCUT2D eigenvalue weighted by molar-refractivity contribution is -0.139. The Kier molecular flexibility index (Phi) is 3.10. The molecule has 1 heterocycles. The van der Waals surface area contributed by atoms with Gasteiger partial charge in [-0.3, -0.25) is 4.79 Å². The number of esters is 1. The number of H-pyrrole nitrogens is 1. The van der Waals surface area contributed by atoms with E-state index in [-0.39, 0.29) is 12.4 Å². The summed E-state index contributed by atoms with van der Waals surface area (Å²) in [6.45, 7) is 0. The smallest absolute Gasteiger partial charge is 0.309 e. The quantitative estimate of drug-likeness (QED) is 0.658. The number of hydrogen-bond acceptors (Lipinski definition) is 3. The Balaban J connectivity index is 2.44. The van der Waals surface area contributed by atoms with Crippen LogP contribution in [0.3, 0.4) is 0 Å². The number of nitrogens with one attached hydrogen (secondary N) is 1. The fourth-order valence-corrected chi connectivity index (χ4v) is 1.84. The minimum Gasteiger partial charge on any atom is -0.469 e. The number of fused-ring (bicyclic) bond motifs is 1. The number of hydrogen-bond donors (Lipinski definition) is 1. The van der Waals surface area contributed by atoms with E-state index in [1.807, 2.05) is 12.1 Å². The van der Waals surface area contributed by atoms with Crippen LogP contribution in [0.1, 0.15) is 11.1 Å². The van der Waals surface area contributed by atoms with Gasteiger partial charge in [0, 0.05) is 5.88 Å². The summed E-state index contributed by atoms with van der Waals surface area (Å²) in [5.74, 6) is 0.0833. The molecular formula is C11H11ClN2O2. The molecule has 0 aliphatic rings. The standard InChI is InChI=1S/C11H11ClN2O2/c1-16-11(15)4-7-2-9-10(14-6-13-9)3-8(7)5-12/h2-3,6H,4-5H2,1H3,(H,13,14). The number of rotatable bonds is 3. The van der Waals surface area contributed by atoms with Gasteiger partial charge in [0.15, 0.2) is 0 Å². The zero-order chi connectivity index (χ0) is 11.5. The van der Waals surface area contributed by atoms with E-state index in [9.17, 15) is 4.79 Å². The molecule has 1 N–H and O–H groups in total. The topological polar surface area (TPSA) is 55.0 Å². The van der Waals surface area contributed by atoms with E-state index in [1.165, 1.54) is 7.11 Å². The first-order valence-electron chi connectivity index (χ1n) is 4.82. The Hall–Kier alpha value is -1.55. The maximum absolute atomic E-state index is 11.2. The molecule has 16 heavy (non-hydrogen) atoms. The van der Waals surface area contributed by atoms with Crippen LogP contribution >= 0.6 is 11.6 Å². The summed E-state index contributed by atoms with van der Waals surface area (Å²) in [5, 5.41) is 0. The number of ether oxygens (including phenoxy) is 1. The molecule has 0 spiro atoms. The van der Waals surface area contributed by atoms with Crippen molar-refractivity contribution in [2.24, 2.45) is 0 Å². The number of methoxy groups -OCH3 is 1. The van der Waals surface area contributed by atoms with Crippen molar-refractivity contribution in [1.82, 2.24) is 9.97 Å². The lowest BCUT2D eigenvalue weighted by Gasteiger charge is -2.06. The molecule has 2 rings (SSSR count). The highest BCUT2D eigenvalue weighted by Gasteiger charge is 2.10. The van der Waals surface area contributed by atoms with Crippen molar-refractivity contribution < 1.29 is 9.53 Å². The maximum Gasteiger partial charge on any atom is 0.309 e. The molecule has 4 nitrogen and oxygen atoms in total. The van der Waals surface area contributed by atoms with Crippen molar-refractivity contribution >= 4 is 28.6 Å². The van der Waals surface area contributed by atoms with Gasteiger partial charge in [-0.05, 0) is 23.3 Å². The number of carbonyl (C=O) groups is 1. The van der Waals surface area contributed by atoms with E-state index < -0.39 is 0 Å². The summed E-state index contributed by atoms with van der Waals surface area (Å²) in [4.78, 5) is 18.4. The van der Waals surface area contributed by atoms with E-state index in [2.05, 4.69) is 14.7 Å². The summed E-state index contributed by atoms with van der Waals surface area (Å²) in [6.07, 6.45) is 1.85. The number of carbonyl (C=O) groups excluding carboxylic acids is 1. The minimum atomic E-state index is -0.273. The van der Waals surface area contributed by atoms with Crippen LogP contribution in [0.2, 0.25) is 0 Å². The van der Waals surface area contributed by atoms with E-state index >= 15 is 0 Å².